The number of amides is 3. The van der Waals surface area contributed by atoms with Crippen molar-refractivity contribution in [3.8, 4) is 0 Å². The van der Waals surface area contributed by atoms with Gasteiger partial charge in [0.15, 0.2) is 0 Å². The minimum Gasteiger partial charge on any atom is -0.336 e. The fourth-order valence-corrected chi connectivity index (χ4v) is 4.83. The monoisotopic (exact) mass is 485 g/mol. The number of carbonyl (C=O) groups is 3. The number of rotatable bonds is 5. The second kappa shape index (κ2) is 10.1. The van der Waals surface area contributed by atoms with Crippen LogP contribution in [0.5, 0.6) is 0 Å². The molecule has 34 heavy (non-hydrogen) atoms. The summed E-state index contributed by atoms with van der Waals surface area (Å²) in [5.74, 6) is -2.17. The summed E-state index contributed by atoms with van der Waals surface area (Å²) >= 11 is 0.751. The lowest BCUT2D eigenvalue weighted by molar-refractivity contribution is -0.123. The van der Waals surface area contributed by atoms with Gasteiger partial charge in [-0.3, -0.25) is 24.2 Å². The van der Waals surface area contributed by atoms with Crippen molar-refractivity contribution in [1.82, 2.24) is 14.7 Å². The zero-order chi connectivity index (χ0) is 24.4. The highest BCUT2D eigenvalue weighted by Gasteiger charge is 2.35. The molecule has 4 rings (SSSR count). The molecule has 2 aromatic carbocycles. The topological polar surface area (TPSA) is 60.9 Å². The molecule has 2 fully saturated rings. The van der Waals surface area contributed by atoms with Crippen molar-refractivity contribution >= 4 is 34.9 Å². The summed E-state index contributed by atoms with van der Waals surface area (Å²) in [5, 5.41) is -0.532. The summed E-state index contributed by atoms with van der Waals surface area (Å²) in [7, 11) is 0. The Morgan fingerprint density at radius 2 is 1.79 bits per heavy atom. The standard InChI is InChI=1S/C25H25F2N3O3S/c1-16(2)28-8-10-29(11-9-28)23(31)18-5-3-4-17(12-18)13-22-24(32)30(25(33)34-22)15-19-6-7-20(26)14-21(19)27/h3-7,12-14,16H,8-11,15H2,1-2H3/b22-13-. The van der Waals surface area contributed by atoms with Crippen molar-refractivity contribution in [2.75, 3.05) is 26.2 Å². The molecule has 2 aliphatic heterocycles. The van der Waals surface area contributed by atoms with Gasteiger partial charge >= 0.3 is 0 Å². The van der Waals surface area contributed by atoms with Gasteiger partial charge in [0, 0.05) is 49.4 Å². The van der Waals surface area contributed by atoms with E-state index in [0.717, 1.165) is 41.9 Å². The summed E-state index contributed by atoms with van der Waals surface area (Å²) in [6.07, 6.45) is 1.55. The van der Waals surface area contributed by atoms with E-state index in [1.54, 1.807) is 30.3 Å². The number of benzene rings is 2. The van der Waals surface area contributed by atoms with Gasteiger partial charge in [0.25, 0.3) is 17.1 Å². The molecule has 0 aromatic heterocycles. The Morgan fingerprint density at radius 1 is 1.06 bits per heavy atom. The fourth-order valence-electron chi connectivity index (χ4n) is 3.99. The second-order valence-electron chi connectivity index (χ2n) is 8.55. The Morgan fingerprint density at radius 3 is 2.47 bits per heavy atom. The number of halogens is 2. The van der Waals surface area contributed by atoms with Crippen LogP contribution in [0.2, 0.25) is 0 Å². The molecule has 0 radical (unpaired) electrons. The van der Waals surface area contributed by atoms with E-state index in [-0.39, 0.29) is 22.9 Å². The van der Waals surface area contributed by atoms with Crippen molar-refractivity contribution in [3.05, 3.63) is 75.7 Å². The molecule has 0 atom stereocenters. The van der Waals surface area contributed by atoms with Gasteiger partial charge in [-0.15, -0.1) is 0 Å². The first kappa shape index (κ1) is 24.1. The molecule has 2 heterocycles. The molecule has 2 saturated heterocycles. The fraction of sp³-hybridized carbons (Fsp3) is 0.320. The molecule has 3 amide bonds. The van der Waals surface area contributed by atoms with E-state index >= 15 is 0 Å². The van der Waals surface area contributed by atoms with Crippen molar-refractivity contribution in [2.45, 2.75) is 26.4 Å². The Hall–Kier alpha value is -3.04. The van der Waals surface area contributed by atoms with E-state index in [0.29, 0.717) is 30.3 Å². The molecule has 0 N–H and O–H groups in total. The summed E-state index contributed by atoms with van der Waals surface area (Å²) in [6, 6.07) is 10.4. The number of imide groups is 1. The van der Waals surface area contributed by atoms with Crippen LogP contribution in [0.25, 0.3) is 6.08 Å². The SMILES string of the molecule is CC(C)N1CCN(C(=O)c2cccc(/C=C3\SC(=O)N(Cc4ccc(F)cc4F)C3=O)c2)CC1. The molecule has 0 aliphatic carbocycles. The van der Waals surface area contributed by atoms with Crippen molar-refractivity contribution in [3.63, 3.8) is 0 Å². The smallest absolute Gasteiger partial charge is 0.293 e. The molecule has 178 valence electrons. The van der Waals surface area contributed by atoms with Gasteiger partial charge in [0.05, 0.1) is 11.4 Å². The average molecular weight is 486 g/mol. The number of hydrogen-bond acceptors (Lipinski definition) is 5. The maximum absolute atomic E-state index is 14.0. The van der Waals surface area contributed by atoms with Crippen LogP contribution in [0, 0.1) is 11.6 Å². The van der Waals surface area contributed by atoms with Gasteiger partial charge in [-0.2, -0.15) is 0 Å². The molecule has 0 bridgehead atoms. The van der Waals surface area contributed by atoms with E-state index in [1.807, 2.05) is 4.90 Å². The number of thioether (sulfide) groups is 1. The molecular formula is C25H25F2N3O3S. The highest BCUT2D eigenvalue weighted by Crippen LogP contribution is 2.33. The van der Waals surface area contributed by atoms with Crippen LogP contribution in [-0.4, -0.2) is 64.0 Å². The number of carbonyl (C=O) groups excluding carboxylic acids is 3. The third kappa shape index (κ3) is 5.20. The maximum atomic E-state index is 14.0. The number of hydrogen-bond donors (Lipinski definition) is 0. The largest absolute Gasteiger partial charge is 0.336 e. The summed E-state index contributed by atoms with van der Waals surface area (Å²) in [6.45, 7) is 6.95. The summed E-state index contributed by atoms with van der Waals surface area (Å²) in [4.78, 5) is 43.4. The molecular weight excluding hydrogens is 460 g/mol. The zero-order valence-electron chi connectivity index (χ0n) is 19.0. The average Bonchev–Trinajstić information content (AvgIpc) is 3.07. The van der Waals surface area contributed by atoms with Gasteiger partial charge in [0.2, 0.25) is 0 Å². The van der Waals surface area contributed by atoms with E-state index in [9.17, 15) is 23.2 Å². The molecule has 0 spiro atoms. The Bertz CT molecular complexity index is 1160. The first-order valence-corrected chi connectivity index (χ1v) is 11.9. The molecule has 6 nitrogen and oxygen atoms in total. The van der Waals surface area contributed by atoms with Gasteiger partial charge in [0.1, 0.15) is 11.6 Å². The van der Waals surface area contributed by atoms with Crippen LogP contribution in [-0.2, 0) is 11.3 Å². The van der Waals surface area contributed by atoms with E-state index in [1.165, 1.54) is 6.07 Å². The van der Waals surface area contributed by atoms with Crippen molar-refractivity contribution in [1.29, 1.82) is 0 Å². The normalized spacial score (nSPS) is 18.4. The van der Waals surface area contributed by atoms with Crippen LogP contribution in [0.3, 0.4) is 0 Å². The minimum absolute atomic E-state index is 0.0510. The second-order valence-corrected chi connectivity index (χ2v) is 9.54. The van der Waals surface area contributed by atoms with Gasteiger partial charge in [-0.05, 0) is 55.4 Å². The number of piperazine rings is 1. The Labute approximate surface area is 201 Å². The predicted molar refractivity (Wildman–Crippen MR) is 127 cm³/mol. The molecule has 2 aliphatic rings. The summed E-state index contributed by atoms with van der Waals surface area (Å²) in [5.41, 5.74) is 1.18. The van der Waals surface area contributed by atoms with E-state index < -0.39 is 22.8 Å². The number of nitrogens with zero attached hydrogens (tertiary/aromatic N) is 3. The molecule has 2 aromatic rings. The van der Waals surface area contributed by atoms with Gasteiger partial charge in [-0.25, -0.2) is 8.78 Å². The quantitative estimate of drug-likeness (QED) is 0.589. The van der Waals surface area contributed by atoms with Crippen LogP contribution in [0.4, 0.5) is 13.6 Å². The molecule has 0 saturated carbocycles. The predicted octanol–water partition coefficient (Wildman–Crippen LogP) is 4.37. The van der Waals surface area contributed by atoms with E-state index in [2.05, 4.69) is 18.7 Å². The zero-order valence-corrected chi connectivity index (χ0v) is 19.8. The van der Waals surface area contributed by atoms with Gasteiger partial charge in [-0.1, -0.05) is 18.2 Å². The maximum Gasteiger partial charge on any atom is 0.293 e. The van der Waals surface area contributed by atoms with E-state index in [4.69, 9.17) is 0 Å². The lowest BCUT2D eigenvalue weighted by Gasteiger charge is -2.37. The van der Waals surface area contributed by atoms with Crippen LogP contribution >= 0.6 is 11.8 Å². The third-order valence-electron chi connectivity index (χ3n) is 5.98. The third-order valence-corrected chi connectivity index (χ3v) is 6.89. The molecule has 9 heteroatoms. The first-order chi connectivity index (χ1) is 16.2. The Balaban J connectivity index is 1.47. The summed E-state index contributed by atoms with van der Waals surface area (Å²) < 4.78 is 27.1. The minimum atomic E-state index is -0.816. The first-order valence-electron chi connectivity index (χ1n) is 11.1. The van der Waals surface area contributed by atoms with Gasteiger partial charge < -0.3 is 4.90 Å². The van der Waals surface area contributed by atoms with Crippen LogP contribution in [0.15, 0.2) is 47.4 Å². The molecule has 0 unspecified atom stereocenters. The van der Waals surface area contributed by atoms with Crippen molar-refractivity contribution in [2.24, 2.45) is 0 Å². The highest BCUT2D eigenvalue weighted by atomic mass is 32.2. The lowest BCUT2D eigenvalue weighted by atomic mass is 10.1. The van der Waals surface area contributed by atoms with Crippen LogP contribution in [0.1, 0.15) is 35.3 Å². The highest BCUT2D eigenvalue weighted by molar-refractivity contribution is 8.18. The Kier molecular flexibility index (Phi) is 7.13. The van der Waals surface area contributed by atoms with Crippen LogP contribution < -0.4 is 0 Å². The van der Waals surface area contributed by atoms with Crippen molar-refractivity contribution < 1.29 is 23.2 Å². The lowest BCUT2D eigenvalue weighted by Crippen LogP contribution is -2.50.